The number of aromatic nitrogens is 5. The van der Waals surface area contributed by atoms with E-state index in [0.29, 0.717) is 5.69 Å². The van der Waals surface area contributed by atoms with Gasteiger partial charge in [0.2, 0.25) is 5.91 Å². The molecule has 0 radical (unpaired) electrons. The number of anilines is 1. The zero-order valence-electron chi connectivity index (χ0n) is 18.8. The number of carboxylic acids is 1. The van der Waals surface area contributed by atoms with E-state index < -0.39 is 12.1 Å². The summed E-state index contributed by atoms with van der Waals surface area (Å²) in [6.07, 6.45) is 1.74. The van der Waals surface area contributed by atoms with Gasteiger partial charge in [-0.15, -0.1) is 0 Å². The summed E-state index contributed by atoms with van der Waals surface area (Å²) >= 11 is 0. The van der Waals surface area contributed by atoms with Crippen molar-refractivity contribution in [1.29, 1.82) is 10.5 Å². The highest BCUT2D eigenvalue weighted by Crippen LogP contribution is 2.28. The highest BCUT2D eigenvalue weighted by Gasteiger charge is 2.38. The van der Waals surface area contributed by atoms with Crippen LogP contribution in [0.2, 0.25) is 0 Å². The summed E-state index contributed by atoms with van der Waals surface area (Å²) in [6.45, 7) is 0. The van der Waals surface area contributed by atoms with Gasteiger partial charge in [-0.3, -0.25) is 9.48 Å². The van der Waals surface area contributed by atoms with Crippen LogP contribution in [0.25, 0.3) is 22.3 Å². The molecule has 37 heavy (non-hydrogen) atoms. The number of fused-ring (bicyclic) bond motifs is 1. The molecule has 4 aromatic rings. The molecule has 0 aliphatic rings. The lowest BCUT2D eigenvalue weighted by Crippen LogP contribution is -2.21. The minimum absolute atomic E-state index is 0.194. The molecular weight excluding hydrogens is 493 g/mol. The maximum absolute atomic E-state index is 11.7. The highest BCUT2D eigenvalue weighted by molar-refractivity contribution is 5.92. The van der Waals surface area contributed by atoms with Crippen molar-refractivity contribution in [1.82, 2.24) is 24.7 Å². The third-order valence-electron chi connectivity index (χ3n) is 4.87. The van der Waals surface area contributed by atoms with Gasteiger partial charge in [0.15, 0.2) is 0 Å². The molecule has 0 aliphatic heterocycles. The maximum atomic E-state index is 11.7. The lowest BCUT2D eigenvalue weighted by atomic mass is 10.0. The Labute approximate surface area is 206 Å². The number of benzene rings is 1. The van der Waals surface area contributed by atoms with Gasteiger partial charge in [-0.1, -0.05) is 12.1 Å². The molecule has 1 atom stereocenters. The molecule has 4 rings (SSSR count). The van der Waals surface area contributed by atoms with Crippen molar-refractivity contribution in [2.75, 3.05) is 5.32 Å². The molecule has 0 spiro atoms. The predicted octanol–water partition coefficient (Wildman–Crippen LogP) is 3.81. The number of carbonyl (C=O) groups excluding carboxylic acids is 1. The first-order valence-electron chi connectivity index (χ1n) is 10.4. The van der Waals surface area contributed by atoms with E-state index in [2.05, 4.69) is 31.4 Å². The Morgan fingerprint density at radius 1 is 1.19 bits per heavy atom. The normalized spacial score (nSPS) is 11.5. The lowest BCUT2D eigenvalue weighted by molar-refractivity contribution is -0.192. The van der Waals surface area contributed by atoms with E-state index in [1.165, 1.54) is 6.33 Å². The predicted molar refractivity (Wildman–Crippen MR) is 122 cm³/mol. The van der Waals surface area contributed by atoms with Crippen molar-refractivity contribution in [3.8, 4) is 23.4 Å². The molecule has 0 saturated carbocycles. The van der Waals surface area contributed by atoms with Crippen LogP contribution < -0.4 is 5.32 Å². The van der Waals surface area contributed by atoms with E-state index in [1.807, 2.05) is 24.4 Å². The van der Waals surface area contributed by atoms with Gasteiger partial charge >= 0.3 is 12.1 Å². The number of aromatic amines is 1. The van der Waals surface area contributed by atoms with Gasteiger partial charge in [0.25, 0.3) is 0 Å². The fourth-order valence-corrected chi connectivity index (χ4v) is 3.28. The van der Waals surface area contributed by atoms with Gasteiger partial charge in [0.1, 0.15) is 18.4 Å². The summed E-state index contributed by atoms with van der Waals surface area (Å²) in [5.74, 6) is -3.14. The molecule has 1 aromatic carbocycles. The van der Waals surface area contributed by atoms with Crippen LogP contribution in [0.15, 0.2) is 55.2 Å². The van der Waals surface area contributed by atoms with Crippen molar-refractivity contribution in [3.63, 3.8) is 0 Å². The molecule has 1 amide bonds. The molecule has 0 saturated heterocycles. The number of hydrogen-bond acceptors (Lipinski definition) is 7. The van der Waals surface area contributed by atoms with Crippen LogP contribution in [0.4, 0.5) is 18.9 Å². The van der Waals surface area contributed by atoms with Crippen LogP contribution in [0, 0.1) is 22.7 Å². The Balaban J connectivity index is 0.000000479. The Hall–Kier alpha value is -5.24. The lowest BCUT2D eigenvalue weighted by Gasteiger charge is -2.16. The third kappa shape index (κ3) is 6.67. The SMILES string of the molecule is N#CCC(=O)Nc1cccc(C(CC#N)n2cc(-c3ncnc4[nH]ccc34)cn2)c1.O=C(O)C(F)(F)F. The molecule has 14 heteroatoms. The largest absolute Gasteiger partial charge is 0.490 e. The van der Waals surface area contributed by atoms with Crippen LogP contribution in [0.3, 0.4) is 0 Å². The number of amides is 1. The Kier molecular flexibility index (Phi) is 8.17. The van der Waals surface area contributed by atoms with Crippen LogP contribution in [0.5, 0.6) is 0 Å². The number of carboxylic acid groups (broad SMARTS) is 1. The van der Waals surface area contributed by atoms with Crippen LogP contribution in [-0.4, -0.2) is 47.9 Å². The minimum atomic E-state index is -5.08. The zero-order valence-corrected chi connectivity index (χ0v) is 18.8. The van der Waals surface area contributed by atoms with Gasteiger partial charge in [-0.2, -0.15) is 28.8 Å². The smallest absolute Gasteiger partial charge is 0.475 e. The van der Waals surface area contributed by atoms with E-state index >= 15 is 0 Å². The second kappa shape index (κ2) is 11.5. The number of nitrogens with one attached hydrogen (secondary N) is 2. The number of halogens is 3. The summed E-state index contributed by atoms with van der Waals surface area (Å²) in [5.41, 5.74) is 3.68. The fourth-order valence-electron chi connectivity index (χ4n) is 3.28. The van der Waals surface area contributed by atoms with Gasteiger partial charge in [0.05, 0.1) is 36.5 Å². The van der Waals surface area contributed by atoms with Gasteiger partial charge in [-0.05, 0) is 23.8 Å². The summed E-state index contributed by atoms with van der Waals surface area (Å²) in [6, 6.07) is 12.8. The number of hydrogen-bond donors (Lipinski definition) is 3. The molecular formula is C23H17F3N8O3. The molecule has 1 unspecified atom stereocenters. The van der Waals surface area contributed by atoms with E-state index in [-0.39, 0.29) is 24.8 Å². The highest BCUT2D eigenvalue weighted by atomic mass is 19.4. The van der Waals surface area contributed by atoms with Crippen molar-refractivity contribution in [2.45, 2.75) is 25.1 Å². The monoisotopic (exact) mass is 510 g/mol. The average Bonchev–Trinajstić information content (AvgIpc) is 3.52. The van der Waals surface area contributed by atoms with Crippen molar-refractivity contribution in [2.24, 2.45) is 0 Å². The average molecular weight is 510 g/mol. The molecule has 11 nitrogen and oxygen atoms in total. The number of rotatable bonds is 6. The van der Waals surface area contributed by atoms with Gasteiger partial charge < -0.3 is 15.4 Å². The Bertz CT molecular complexity index is 1500. The molecule has 3 aromatic heterocycles. The Morgan fingerprint density at radius 2 is 1.95 bits per heavy atom. The number of nitrogens with zero attached hydrogens (tertiary/aromatic N) is 6. The maximum Gasteiger partial charge on any atom is 0.490 e. The van der Waals surface area contributed by atoms with Crippen LogP contribution in [0.1, 0.15) is 24.4 Å². The number of alkyl halides is 3. The topological polar surface area (TPSA) is 173 Å². The minimum Gasteiger partial charge on any atom is -0.475 e. The Morgan fingerprint density at radius 3 is 2.62 bits per heavy atom. The van der Waals surface area contributed by atoms with E-state index in [0.717, 1.165) is 27.9 Å². The summed E-state index contributed by atoms with van der Waals surface area (Å²) < 4.78 is 33.5. The molecule has 3 heterocycles. The van der Waals surface area contributed by atoms with Gasteiger partial charge in [0, 0.05) is 29.0 Å². The molecule has 0 bridgehead atoms. The number of carbonyl (C=O) groups is 2. The van der Waals surface area contributed by atoms with Crippen molar-refractivity contribution < 1.29 is 27.9 Å². The van der Waals surface area contributed by atoms with Crippen LogP contribution in [-0.2, 0) is 9.59 Å². The van der Waals surface area contributed by atoms with Crippen molar-refractivity contribution >= 4 is 28.6 Å². The molecule has 188 valence electrons. The number of nitriles is 2. The first-order chi connectivity index (χ1) is 17.6. The quantitative estimate of drug-likeness (QED) is 0.351. The number of H-pyrrole nitrogens is 1. The molecule has 0 fully saturated rings. The second-order valence-corrected chi connectivity index (χ2v) is 7.36. The van der Waals surface area contributed by atoms with E-state index in [9.17, 15) is 23.2 Å². The van der Waals surface area contributed by atoms with Crippen molar-refractivity contribution in [3.05, 3.63) is 60.8 Å². The molecule has 3 N–H and O–H groups in total. The molecule has 0 aliphatic carbocycles. The summed E-state index contributed by atoms with van der Waals surface area (Å²) in [7, 11) is 0. The third-order valence-corrected chi connectivity index (χ3v) is 4.87. The summed E-state index contributed by atoms with van der Waals surface area (Å²) in [5, 5.41) is 33.2. The van der Waals surface area contributed by atoms with Gasteiger partial charge in [-0.25, -0.2) is 14.8 Å². The first kappa shape index (κ1) is 26.4. The van der Waals surface area contributed by atoms with Crippen LogP contribution >= 0.6 is 0 Å². The fraction of sp³-hybridized carbons (Fsp3) is 0.174. The zero-order chi connectivity index (χ0) is 27.0. The standard InChI is InChI=1S/C21H16N8O.C2HF3O2/c22-7-4-18(14-2-1-3-16(10-14)28-19(30)5-8-23)29-12-15(11-27-29)20-17-6-9-24-21(17)26-13-25-20;3-2(4,5)1(6)7/h1-3,6,9-13,18H,4-5H2,(H,28,30)(H,24,25,26);(H,6,7). The van der Waals surface area contributed by atoms with E-state index in [4.69, 9.17) is 15.2 Å². The van der Waals surface area contributed by atoms with E-state index in [1.54, 1.807) is 35.3 Å². The summed E-state index contributed by atoms with van der Waals surface area (Å²) in [4.78, 5) is 32.3. The second-order valence-electron chi connectivity index (χ2n) is 7.36. The number of aliphatic carboxylic acids is 1. The first-order valence-corrected chi connectivity index (χ1v) is 10.4.